The monoisotopic (exact) mass is 421 g/mol. The van der Waals surface area contributed by atoms with Gasteiger partial charge in [0.25, 0.3) is 0 Å². The summed E-state index contributed by atoms with van der Waals surface area (Å²) in [4.78, 5) is 25.8. The number of esters is 1. The van der Waals surface area contributed by atoms with Gasteiger partial charge in [-0.3, -0.25) is 4.79 Å². The van der Waals surface area contributed by atoms with Crippen LogP contribution in [-0.4, -0.2) is 49.1 Å². The third-order valence-corrected chi connectivity index (χ3v) is 7.57. The average molecular weight is 422 g/mol. The lowest BCUT2D eigenvalue weighted by atomic mass is 10.1. The van der Waals surface area contributed by atoms with Crippen LogP contribution in [0.2, 0.25) is 0 Å². The number of aromatic nitrogens is 1. The highest BCUT2D eigenvalue weighted by atomic mass is 32.2. The molecule has 1 aliphatic heterocycles. The van der Waals surface area contributed by atoms with Gasteiger partial charge >= 0.3 is 5.97 Å². The van der Waals surface area contributed by atoms with Crippen molar-refractivity contribution in [3.63, 3.8) is 0 Å². The molecule has 0 spiro atoms. The molecule has 150 valence electrons. The zero-order valence-corrected chi connectivity index (χ0v) is 17.7. The van der Waals surface area contributed by atoms with E-state index in [1.165, 1.54) is 11.8 Å². The lowest BCUT2D eigenvalue weighted by molar-refractivity contribution is 0.0471. The first-order valence-electron chi connectivity index (χ1n) is 8.95. The number of Topliss-reactive ketones (excluding diaryl/α,β-unsaturated/α-hetero) is 1. The Balaban J connectivity index is 1.73. The number of thioether (sulfide) groups is 1. The topological polar surface area (TPSA) is 82.4 Å². The second-order valence-electron chi connectivity index (χ2n) is 6.91. The van der Waals surface area contributed by atoms with E-state index in [0.29, 0.717) is 23.2 Å². The van der Waals surface area contributed by atoms with Crippen molar-refractivity contribution in [2.24, 2.45) is 0 Å². The Kier molecular flexibility index (Phi) is 6.00. The van der Waals surface area contributed by atoms with E-state index in [1.54, 1.807) is 25.1 Å². The fraction of sp³-hybridized carbons (Fsp3) is 0.400. The van der Waals surface area contributed by atoms with Gasteiger partial charge in [0.2, 0.25) is 5.78 Å². The number of carbonyl (C=O) groups excluding carboxylic acids is 2. The number of hydrogen-bond donors (Lipinski definition) is 0. The van der Waals surface area contributed by atoms with Crippen LogP contribution < -0.4 is 0 Å². The fourth-order valence-corrected chi connectivity index (χ4v) is 5.99. The Morgan fingerprint density at radius 1 is 1.21 bits per heavy atom. The molecule has 0 radical (unpaired) electrons. The Bertz CT molecular complexity index is 1020. The smallest absolute Gasteiger partial charge is 0.339 e. The number of ketones is 1. The van der Waals surface area contributed by atoms with Gasteiger partial charge in [-0.05, 0) is 44.7 Å². The molecule has 2 aromatic rings. The third-order valence-electron chi connectivity index (χ3n) is 5.02. The van der Waals surface area contributed by atoms with Crippen molar-refractivity contribution in [3.8, 4) is 0 Å². The number of benzene rings is 1. The lowest BCUT2D eigenvalue weighted by Crippen LogP contribution is -2.17. The van der Waals surface area contributed by atoms with E-state index in [9.17, 15) is 18.0 Å². The molecule has 1 aliphatic rings. The van der Waals surface area contributed by atoms with Gasteiger partial charge in [-0.15, -0.1) is 11.8 Å². The standard InChI is InChI=1S/C20H23NO5S2/c1-13-10-17(14(2)21(13)15-8-9-28(24,25)12-15)18(22)11-26-20(23)16-6-4-5-7-19(16)27-3/h4-7,10,15H,8-9,11-12H2,1-3H3/t15-/m1/s1. The second kappa shape index (κ2) is 8.13. The van der Waals surface area contributed by atoms with Gasteiger partial charge in [0.1, 0.15) is 0 Å². The normalized spacial score (nSPS) is 18.2. The van der Waals surface area contributed by atoms with Gasteiger partial charge in [-0.2, -0.15) is 0 Å². The molecule has 1 aromatic carbocycles. The maximum absolute atomic E-state index is 12.6. The van der Waals surface area contributed by atoms with E-state index in [1.807, 2.05) is 29.9 Å². The minimum Gasteiger partial charge on any atom is -0.454 e. The first-order chi connectivity index (χ1) is 13.2. The summed E-state index contributed by atoms with van der Waals surface area (Å²) in [5.74, 6) is -0.564. The molecule has 3 rings (SSSR count). The van der Waals surface area contributed by atoms with Crippen LogP contribution in [0, 0.1) is 13.8 Å². The highest BCUT2D eigenvalue weighted by Gasteiger charge is 2.31. The van der Waals surface area contributed by atoms with Gasteiger partial charge in [0.05, 0.1) is 17.1 Å². The van der Waals surface area contributed by atoms with Crippen molar-refractivity contribution in [1.29, 1.82) is 0 Å². The molecular formula is C20H23NO5S2. The molecule has 0 bridgehead atoms. The van der Waals surface area contributed by atoms with Crippen LogP contribution in [0.25, 0.3) is 0 Å². The first kappa shape index (κ1) is 20.7. The Labute approximate surface area is 169 Å². The zero-order valence-electron chi connectivity index (χ0n) is 16.1. The maximum atomic E-state index is 12.6. The van der Waals surface area contributed by atoms with Crippen LogP contribution in [0.4, 0.5) is 0 Å². The maximum Gasteiger partial charge on any atom is 0.339 e. The minimum absolute atomic E-state index is 0.0947. The molecule has 6 nitrogen and oxygen atoms in total. The Morgan fingerprint density at radius 3 is 2.57 bits per heavy atom. The molecule has 1 aromatic heterocycles. The first-order valence-corrected chi connectivity index (χ1v) is 12.0. The predicted octanol–water partition coefficient (Wildman–Crippen LogP) is 3.23. The average Bonchev–Trinajstić information content (AvgIpc) is 3.17. The summed E-state index contributed by atoms with van der Waals surface area (Å²) in [5.41, 5.74) is 2.45. The van der Waals surface area contributed by atoms with E-state index < -0.39 is 15.8 Å². The summed E-state index contributed by atoms with van der Waals surface area (Å²) < 4.78 is 30.8. The van der Waals surface area contributed by atoms with Crippen LogP contribution in [0.15, 0.2) is 35.2 Å². The molecular weight excluding hydrogens is 398 g/mol. The number of rotatable bonds is 6. The highest BCUT2D eigenvalue weighted by Crippen LogP contribution is 2.29. The van der Waals surface area contributed by atoms with Crippen molar-refractivity contribution in [3.05, 3.63) is 52.8 Å². The Hall–Kier alpha value is -2.06. The lowest BCUT2D eigenvalue weighted by Gasteiger charge is -2.16. The van der Waals surface area contributed by atoms with Gasteiger partial charge in [-0.1, -0.05) is 12.1 Å². The summed E-state index contributed by atoms with van der Waals surface area (Å²) in [6.07, 6.45) is 2.42. The van der Waals surface area contributed by atoms with Gasteiger partial charge in [0, 0.05) is 27.9 Å². The highest BCUT2D eigenvalue weighted by molar-refractivity contribution is 7.98. The van der Waals surface area contributed by atoms with Crippen LogP contribution in [0.5, 0.6) is 0 Å². The molecule has 1 fully saturated rings. The number of carbonyl (C=O) groups is 2. The van der Waals surface area contributed by atoms with Crippen LogP contribution in [-0.2, 0) is 14.6 Å². The third kappa shape index (κ3) is 4.17. The number of nitrogens with zero attached hydrogens (tertiary/aromatic N) is 1. The van der Waals surface area contributed by atoms with Crippen molar-refractivity contribution in [2.75, 3.05) is 24.4 Å². The van der Waals surface area contributed by atoms with Crippen molar-refractivity contribution >= 4 is 33.4 Å². The molecule has 0 unspecified atom stereocenters. The number of sulfone groups is 1. The quantitative estimate of drug-likeness (QED) is 0.405. The van der Waals surface area contributed by atoms with Crippen LogP contribution >= 0.6 is 11.8 Å². The molecule has 0 saturated carbocycles. The molecule has 0 aliphatic carbocycles. The largest absolute Gasteiger partial charge is 0.454 e. The number of ether oxygens (including phenoxy) is 1. The predicted molar refractivity (Wildman–Crippen MR) is 109 cm³/mol. The number of aryl methyl sites for hydroxylation is 1. The van der Waals surface area contributed by atoms with E-state index >= 15 is 0 Å². The SMILES string of the molecule is CSc1ccccc1C(=O)OCC(=O)c1cc(C)n([C@@H]2CCS(=O)(=O)C2)c1C. The van der Waals surface area contributed by atoms with Crippen LogP contribution in [0.1, 0.15) is 44.6 Å². The van der Waals surface area contributed by atoms with Crippen LogP contribution in [0.3, 0.4) is 0 Å². The summed E-state index contributed by atoms with van der Waals surface area (Å²) in [6, 6.07) is 8.68. The molecule has 1 saturated heterocycles. The molecule has 8 heteroatoms. The molecule has 28 heavy (non-hydrogen) atoms. The van der Waals surface area contributed by atoms with Crippen molar-refractivity contribution in [1.82, 2.24) is 4.57 Å². The molecule has 0 N–H and O–H groups in total. The van der Waals surface area contributed by atoms with E-state index in [2.05, 4.69) is 0 Å². The van der Waals surface area contributed by atoms with Crippen molar-refractivity contribution in [2.45, 2.75) is 31.2 Å². The van der Waals surface area contributed by atoms with Gasteiger partial charge < -0.3 is 9.30 Å². The second-order valence-corrected chi connectivity index (χ2v) is 9.99. The molecule has 2 heterocycles. The van der Waals surface area contributed by atoms with Gasteiger partial charge in [-0.25, -0.2) is 13.2 Å². The number of hydrogen-bond acceptors (Lipinski definition) is 6. The summed E-state index contributed by atoms with van der Waals surface area (Å²) in [6.45, 7) is 3.31. The molecule has 0 amide bonds. The summed E-state index contributed by atoms with van der Waals surface area (Å²) in [7, 11) is -3.02. The fourth-order valence-electron chi connectivity index (χ4n) is 3.70. The minimum atomic E-state index is -3.02. The Morgan fingerprint density at radius 2 is 1.93 bits per heavy atom. The zero-order chi connectivity index (χ0) is 20.5. The van der Waals surface area contributed by atoms with Gasteiger partial charge in [0.15, 0.2) is 16.4 Å². The van der Waals surface area contributed by atoms with Crippen molar-refractivity contribution < 1.29 is 22.7 Å². The summed E-state index contributed by atoms with van der Waals surface area (Å²) in [5, 5.41) is 0. The van der Waals surface area contributed by atoms with E-state index in [0.717, 1.165) is 10.6 Å². The van der Waals surface area contributed by atoms with E-state index in [4.69, 9.17) is 4.74 Å². The summed E-state index contributed by atoms with van der Waals surface area (Å²) >= 11 is 1.44. The molecule has 1 atom stereocenters. The van der Waals surface area contributed by atoms with E-state index in [-0.39, 0.29) is 29.9 Å².